The monoisotopic (exact) mass is 349 g/mol. The Morgan fingerprint density at radius 3 is 2.64 bits per heavy atom. The number of hydrogen-bond acceptors (Lipinski definition) is 6. The minimum atomic E-state index is -1.02. The molecule has 0 bridgehead atoms. The van der Waals surface area contributed by atoms with Crippen LogP contribution in [0.15, 0.2) is 24.3 Å². The van der Waals surface area contributed by atoms with Gasteiger partial charge < -0.3 is 20.1 Å². The number of hydrogen-bond donors (Lipinski definition) is 3. The number of para-hydroxylation sites is 2. The van der Waals surface area contributed by atoms with Crippen LogP contribution >= 0.6 is 0 Å². The van der Waals surface area contributed by atoms with Gasteiger partial charge in [0.25, 0.3) is 11.8 Å². The van der Waals surface area contributed by atoms with Gasteiger partial charge in [-0.3, -0.25) is 19.7 Å². The van der Waals surface area contributed by atoms with E-state index in [1.54, 1.807) is 24.3 Å². The molecule has 0 aromatic heterocycles. The third-order valence-corrected chi connectivity index (χ3v) is 3.54. The maximum Gasteiger partial charge on any atom is 0.322 e. The molecule has 25 heavy (non-hydrogen) atoms. The molecule has 4 amide bonds. The Hall–Kier alpha value is -3.10. The second-order valence-corrected chi connectivity index (χ2v) is 5.38. The van der Waals surface area contributed by atoms with E-state index in [0.29, 0.717) is 11.4 Å². The lowest BCUT2D eigenvalue weighted by Gasteiger charge is -2.15. The Kier molecular flexibility index (Phi) is 5.93. The van der Waals surface area contributed by atoms with Crippen LogP contribution in [-0.2, 0) is 19.1 Å². The number of benzene rings is 1. The molecule has 0 aliphatic carbocycles. The molecule has 0 unspecified atom stereocenters. The van der Waals surface area contributed by atoms with Crippen LogP contribution in [0.4, 0.5) is 10.5 Å². The molecule has 2 atom stereocenters. The Morgan fingerprint density at radius 2 is 2.00 bits per heavy atom. The summed E-state index contributed by atoms with van der Waals surface area (Å²) in [6, 6.07) is 5.48. The molecule has 1 fully saturated rings. The average Bonchev–Trinajstić information content (AvgIpc) is 2.90. The van der Waals surface area contributed by atoms with Crippen LogP contribution in [0.3, 0.4) is 0 Å². The summed E-state index contributed by atoms with van der Waals surface area (Å²) in [4.78, 5) is 46.3. The smallest absolute Gasteiger partial charge is 0.322 e. The summed E-state index contributed by atoms with van der Waals surface area (Å²) in [5, 5.41) is 7.06. The number of imide groups is 1. The number of methoxy groups -OCH3 is 1. The maximum absolute atomic E-state index is 12.1. The lowest BCUT2D eigenvalue weighted by Crippen LogP contribution is -2.32. The summed E-state index contributed by atoms with van der Waals surface area (Å²) in [7, 11) is 1.48. The fraction of sp³-hybridized carbons (Fsp3) is 0.375. The van der Waals surface area contributed by atoms with Crippen molar-refractivity contribution in [1.82, 2.24) is 10.6 Å². The SMILES string of the molecule is COc1ccccc1NC(=O)[C@H](C)OC(=O)CC[C@@H]1NC(=O)NC1=O. The standard InChI is InChI=1S/C16H19N3O6/c1-9(14(21)17-10-5-3-4-6-12(10)24-2)25-13(20)8-7-11-15(22)19-16(23)18-11/h3-6,9,11H,7-8H2,1-2H3,(H,17,21)(H2,18,19,22,23)/t9-,11-/m0/s1. The molecule has 0 radical (unpaired) electrons. The first kappa shape index (κ1) is 18.2. The van der Waals surface area contributed by atoms with Gasteiger partial charge in [0, 0.05) is 6.42 Å². The Balaban J connectivity index is 1.81. The zero-order chi connectivity index (χ0) is 18.4. The lowest BCUT2D eigenvalue weighted by molar-refractivity contribution is -0.153. The molecule has 0 saturated carbocycles. The van der Waals surface area contributed by atoms with Crippen LogP contribution in [-0.4, -0.2) is 43.1 Å². The van der Waals surface area contributed by atoms with Crippen molar-refractivity contribution in [3.8, 4) is 5.75 Å². The van der Waals surface area contributed by atoms with Crippen molar-refractivity contribution in [2.45, 2.75) is 31.9 Å². The van der Waals surface area contributed by atoms with E-state index in [1.807, 2.05) is 0 Å². The van der Waals surface area contributed by atoms with Crippen LogP contribution in [0.2, 0.25) is 0 Å². The van der Waals surface area contributed by atoms with Gasteiger partial charge in [0.2, 0.25) is 0 Å². The number of esters is 1. The molecule has 3 N–H and O–H groups in total. The first-order valence-corrected chi connectivity index (χ1v) is 7.65. The Morgan fingerprint density at radius 1 is 1.28 bits per heavy atom. The van der Waals surface area contributed by atoms with Gasteiger partial charge in [-0.2, -0.15) is 0 Å². The topological polar surface area (TPSA) is 123 Å². The van der Waals surface area contributed by atoms with Crippen LogP contribution < -0.4 is 20.7 Å². The highest BCUT2D eigenvalue weighted by Crippen LogP contribution is 2.23. The van der Waals surface area contributed by atoms with Crippen molar-refractivity contribution >= 4 is 29.5 Å². The van der Waals surface area contributed by atoms with Gasteiger partial charge in [0.05, 0.1) is 12.8 Å². The summed E-state index contributed by atoms with van der Waals surface area (Å²) < 4.78 is 10.2. The van der Waals surface area contributed by atoms with Crippen LogP contribution in [0.1, 0.15) is 19.8 Å². The Bertz CT molecular complexity index is 690. The molecular formula is C16H19N3O6. The number of rotatable bonds is 7. The number of nitrogens with one attached hydrogen (secondary N) is 3. The van der Waals surface area contributed by atoms with Crippen LogP contribution in [0, 0.1) is 0 Å². The fourth-order valence-electron chi connectivity index (χ4n) is 2.22. The summed E-state index contributed by atoms with van der Waals surface area (Å²) >= 11 is 0. The van der Waals surface area contributed by atoms with Gasteiger partial charge >= 0.3 is 12.0 Å². The quantitative estimate of drug-likeness (QED) is 0.488. The molecule has 1 aromatic rings. The van der Waals surface area contributed by atoms with E-state index in [2.05, 4.69) is 16.0 Å². The molecule has 1 heterocycles. The van der Waals surface area contributed by atoms with Gasteiger partial charge in [-0.25, -0.2) is 4.79 Å². The number of carbonyl (C=O) groups excluding carboxylic acids is 4. The number of urea groups is 1. The molecule has 1 aliphatic rings. The summed E-state index contributed by atoms with van der Waals surface area (Å²) in [5.41, 5.74) is 0.461. The second kappa shape index (κ2) is 8.13. The Labute approximate surface area is 144 Å². The van der Waals surface area contributed by atoms with Gasteiger partial charge in [-0.15, -0.1) is 0 Å². The average molecular weight is 349 g/mol. The van der Waals surface area contributed by atoms with Crippen LogP contribution in [0.5, 0.6) is 5.75 Å². The number of ether oxygens (including phenoxy) is 2. The van der Waals surface area contributed by atoms with E-state index in [4.69, 9.17) is 9.47 Å². The van der Waals surface area contributed by atoms with Crippen molar-refractivity contribution in [1.29, 1.82) is 0 Å². The summed E-state index contributed by atoms with van der Waals surface area (Å²) in [6.07, 6.45) is -1.04. The molecule has 1 aliphatic heterocycles. The minimum absolute atomic E-state index is 0.0945. The molecule has 9 heteroatoms. The van der Waals surface area contributed by atoms with E-state index in [-0.39, 0.29) is 12.8 Å². The maximum atomic E-state index is 12.1. The third-order valence-electron chi connectivity index (χ3n) is 3.54. The zero-order valence-corrected chi connectivity index (χ0v) is 13.8. The molecular weight excluding hydrogens is 330 g/mol. The van der Waals surface area contributed by atoms with Gasteiger partial charge in [-0.1, -0.05) is 12.1 Å². The van der Waals surface area contributed by atoms with E-state index in [0.717, 1.165) is 0 Å². The van der Waals surface area contributed by atoms with Gasteiger partial charge in [0.1, 0.15) is 11.8 Å². The highest BCUT2D eigenvalue weighted by atomic mass is 16.5. The number of anilines is 1. The summed E-state index contributed by atoms with van der Waals surface area (Å²) in [6.45, 7) is 1.44. The minimum Gasteiger partial charge on any atom is -0.495 e. The van der Waals surface area contributed by atoms with Crippen molar-refractivity contribution in [3.63, 3.8) is 0 Å². The molecule has 1 saturated heterocycles. The predicted octanol–water partition coefficient (Wildman–Crippen LogP) is 0.554. The van der Waals surface area contributed by atoms with Gasteiger partial charge in [-0.05, 0) is 25.5 Å². The molecule has 2 rings (SSSR count). The number of carbonyl (C=O) groups is 4. The fourth-order valence-corrected chi connectivity index (χ4v) is 2.22. The first-order chi connectivity index (χ1) is 11.9. The van der Waals surface area contributed by atoms with Crippen molar-refractivity contribution in [2.24, 2.45) is 0 Å². The largest absolute Gasteiger partial charge is 0.495 e. The first-order valence-electron chi connectivity index (χ1n) is 7.65. The van der Waals surface area contributed by atoms with Crippen LogP contribution in [0.25, 0.3) is 0 Å². The summed E-state index contributed by atoms with van der Waals surface area (Å²) in [5.74, 6) is -1.15. The van der Waals surface area contributed by atoms with Crippen molar-refractivity contribution in [3.05, 3.63) is 24.3 Å². The molecule has 1 aromatic carbocycles. The normalized spacial score (nSPS) is 17.3. The van der Waals surface area contributed by atoms with Crippen molar-refractivity contribution in [2.75, 3.05) is 12.4 Å². The van der Waals surface area contributed by atoms with Crippen molar-refractivity contribution < 1.29 is 28.7 Å². The highest BCUT2D eigenvalue weighted by molar-refractivity contribution is 6.04. The molecule has 9 nitrogen and oxygen atoms in total. The lowest BCUT2D eigenvalue weighted by atomic mass is 10.1. The van der Waals surface area contributed by atoms with E-state index in [9.17, 15) is 19.2 Å². The van der Waals surface area contributed by atoms with E-state index >= 15 is 0 Å². The zero-order valence-electron chi connectivity index (χ0n) is 13.8. The predicted molar refractivity (Wildman–Crippen MR) is 86.9 cm³/mol. The highest BCUT2D eigenvalue weighted by Gasteiger charge is 2.30. The van der Waals surface area contributed by atoms with E-state index in [1.165, 1.54) is 14.0 Å². The second-order valence-electron chi connectivity index (χ2n) is 5.38. The molecule has 0 spiro atoms. The van der Waals surface area contributed by atoms with E-state index < -0.39 is 36.0 Å². The number of amides is 4. The molecule has 134 valence electrons. The third kappa shape index (κ3) is 4.93. The van der Waals surface area contributed by atoms with Gasteiger partial charge in [0.15, 0.2) is 6.10 Å².